The number of thioether (sulfide) groups is 1. The molecule has 122 valence electrons. The smallest absolute Gasteiger partial charge is 0.257 e. The van der Waals surface area contributed by atoms with Crippen LogP contribution in [0, 0.1) is 0 Å². The Labute approximate surface area is 145 Å². The van der Waals surface area contributed by atoms with E-state index in [2.05, 4.69) is 29.0 Å². The van der Waals surface area contributed by atoms with E-state index in [-0.39, 0.29) is 5.91 Å². The van der Waals surface area contributed by atoms with Crippen LogP contribution in [-0.4, -0.2) is 34.6 Å². The third kappa shape index (κ3) is 3.94. The quantitative estimate of drug-likeness (QED) is 0.834. The van der Waals surface area contributed by atoms with Crippen molar-refractivity contribution >= 4 is 34.1 Å². The molecule has 0 spiro atoms. The summed E-state index contributed by atoms with van der Waals surface area (Å²) in [6.07, 6.45) is 0.971. The van der Waals surface area contributed by atoms with E-state index in [1.165, 1.54) is 9.77 Å². The minimum atomic E-state index is -0.0866. The summed E-state index contributed by atoms with van der Waals surface area (Å²) >= 11 is 3.37. The summed E-state index contributed by atoms with van der Waals surface area (Å²) in [4.78, 5) is 21.8. The topological polar surface area (TPSA) is 45.2 Å². The van der Waals surface area contributed by atoms with Crippen molar-refractivity contribution in [3.05, 3.63) is 40.4 Å². The number of rotatable bonds is 5. The van der Waals surface area contributed by atoms with Gasteiger partial charge in [-0.2, -0.15) is 0 Å². The third-order valence-corrected chi connectivity index (χ3v) is 5.80. The second-order valence-electron chi connectivity index (χ2n) is 5.42. The molecule has 1 aromatic carbocycles. The number of carbonyl (C=O) groups is 1. The van der Waals surface area contributed by atoms with E-state index in [4.69, 9.17) is 0 Å². The number of anilines is 1. The molecule has 1 N–H and O–H groups in total. The summed E-state index contributed by atoms with van der Waals surface area (Å²) in [5, 5.41) is 3.66. The van der Waals surface area contributed by atoms with Crippen LogP contribution in [0.4, 0.5) is 5.13 Å². The van der Waals surface area contributed by atoms with Crippen LogP contribution < -0.4 is 5.32 Å². The van der Waals surface area contributed by atoms with Gasteiger partial charge in [-0.05, 0) is 36.6 Å². The van der Waals surface area contributed by atoms with Crippen molar-refractivity contribution in [2.45, 2.75) is 31.7 Å². The minimum Gasteiger partial charge on any atom is -0.298 e. The van der Waals surface area contributed by atoms with Crippen molar-refractivity contribution in [2.75, 3.05) is 24.2 Å². The molecule has 6 heteroatoms. The van der Waals surface area contributed by atoms with Crippen molar-refractivity contribution in [3.63, 3.8) is 0 Å². The monoisotopic (exact) mass is 347 g/mol. The van der Waals surface area contributed by atoms with E-state index in [1.54, 1.807) is 23.1 Å². The number of fused-ring (bicyclic) bond motifs is 1. The van der Waals surface area contributed by atoms with E-state index < -0.39 is 0 Å². The molecule has 0 unspecified atom stereocenters. The number of amides is 1. The Morgan fingerprint density at radius 1 is 1.35 bits per heavy atom. The van der Waals surface area contributed by atoms with Crippen molar-refractivity contribution in [1.29, 1.82) is 0 Å². The molecule has 0 saturated carbocycles. The molecule has 0 aliphatic carbocycles. The lowest BCUT2D eigenvalue weighted by molar-refractivity contribution is 0.102. The number of likely N-dealkylation sites (N-methyl/N-ethyl adjacent to an activating group) is 1. The Morgan fingerprint density at radius 3 is 2.83 bits per heavy atom. The summed E-state index contributed by atoms with van der Waals surface area (Å²) in [5.41, 5.74) is 1.82. The molecule has 1 aliphatic rings. The maximum absolute atomic E-state index is 12.4. The predicted molar refractivity (Wildman–Crippen MR) is 97.6 cm³/mol. The molecule has 4 nitrogen and oxygen atoms in total. The van der Waals surface area contributed by atoms with E-state index in [1.807, 2.05) is 24.3 Å². The van der Waals surface area contributed by atoms with Gasteiger partial charge in [-0.25, -0.2) is 4.98 Å². The zero-order chi connectivity index (χ0) is 16.2. The Balaban J connectivity index is 1.67. The van der Waals surface area contributed by atoms with E-state index in [0.29, 0.717) is 10.7 Å². The number of benzene rings is 1. The predicted octanol–water partition coefficient (Wildman–Crippen LogP) is 3.89. The largest absolute Gasteiger partial charge is 0.298 e. The second kappa shape index (κ2) is 7.47. The van der Waals surface area contributed by atoms with E-state index in [0.717, 1.165) is 37.5 Å². The van der Waals surface area contributed by atoms with Gasteiger partial charge in [0.05, 0.1) is 5.69 Å². The molecule has 2 aromatic rings. The maximum Gasteiger partial charge on any atom is 0.257 e. The fourth-order valence-electron chi connectivity index (χ4n) is 2.61. The summed E-state index contributed by atoms with van der Waals surface area (Å²) in [7, 11) is 0. The summed E-state index contributed by atoms with van der Waals surface area (Å²) in [6.45, 7) is 7.35. The number of nitrogens with one attached hydrogen (secondary N) is 1. The Morgan fingerprint density at radius 2 is 2.13 bits per heavy atom. The van der Waals surface area contributed by atoms with Crippen LogP contribution in [0.15, 0.2) is 29.2 Å². The molecule has 0 fully saturated rings. The lowest BCUT2D eigenvalue weighted by atomic mass is 10.2. The first-order valence-corrected chi connectivity index (χ1v) is 9.75. The first kappa shape index (κ1) is 16.5. The average Bonchev–Trinajstić information content (AvgIpc) is 2.96. The van der Waals surface area contributed by atoms with Crippen LogP contribution >= 0.6 is 23.1 Å². The van der Waals surface area contributed by atoms with Crippen LogP contribution in [0.5, 0.6) is 0 Å². The van der Waals surface area contributed by atoms with Gasteiger partial charge in [-0.15, -0.1) is 23.1 Å². The van der Waals surface area contributed by atoms with Crippen LogP contribution in [0.3, 0.4) is 0 Å². The third-order valence-electron chi connectivity index (χ3n) is 3.91. The van der Waals surface area contributed by atoms with Gasteiger partial charge in [-0.1, -0.05) is 13.8 Å². The average molecular weight is 348 g/mol. The van der Waals surface area contributed by atoms with Crippen molar-refractivity contribution in [1.82, 2.24) is 9.88 Å². The first-order chi connectivity index (χ1) is 11.2. The lowest BCUT2D eigenvalue weighted by Gasteiger charge is -2.23. The highest BCUT2D eigenvalue weighted by Crippen LogP contribution is 2.28. The molecule has 2 heterocycles. The highest BCUT2D eigenvalue weighted by Gasteiger charge is 2.20. The SMILES string of the molecule is CCSc1ccc(C(=O)Nc2nc3c(s2)CN(CC)CC3)cc1. The van der Waals surface area contributed by atoms with Crippen LogP contribution in [0.25, 0.3) is 0 Å². The molecule has 0 bridgehead atoms. The van der Waals surface area contributed by atoms with Crippen LogP contribution in [0.2, 0.25) is 0 Å². The molecule has 3 rings (SSSR count). The van der Waals surface area contributed by atoms with E-state index >= 15 is 0 Å². The highest BCUT2D eigenvalue weighted by molar-refractivity contribution is 7.99. The number of hydrogen-bond acceptors (Lipinski definition) is 5. The van der Waals surface area contributed by atoms with Gasteiger partial charge in [0, 0.05) is 34.8 Å². The normalized spacial score (nSPS) is 14.5. The fourth-order valence-corrected chi connectivity index (χ4v) is 4.32. The standard InChI is InChI=1S/C17H21N3OS2/c1-3-20-10-9-14-15(11-20)23-17(18-14)19-16(21)12-5-7-13(8-6-12)22-4-2/h5-8H,3-4,9-11H2,1-2H3,(H,18,19,21). The number of aromatic nitrogens is 1. The van der Waals surface area contributed by atoms with E-state index in [9.17, 15) is 4.79 Å². The number of hydrogen-bond donors (Lipinski definition) is 1. The van der Waals surface area contributed by atoms with Crippen molar-refractivity contribution < 1.29 is 4.79 Å². The van der Waals surface area contributed by atoms with Crippen LogP contribution in [-0.2, 0) is 13.0 Å². The fraction of sp³-hybridized carbons (Fsp3) is 0.412. The van der Waals surface area contributed by atoms with Gasteiger partial charge in [0.15, 0.2) is 5.13 Å². The number of thiazole rings is 1. The number of carbonyl (C=O) groups excluding carboxylic acids is 1. The molecule has 0 atom stereocenters. The van der Waals surface area contributed by atoms with Gasteiger partial charge in [0.2, 0.25) is 0 Å². The molecule has 1 aliphatic heterocycles. The Kier molecular flexibility index (Phi) is 5.35. The molecule has 1 amide bonds. The van der Waals surface area contributed by atoms with Crippen LogP contribution in [0.1, 0.15) is 34.8 Å². The molecule has 23 heavy (non-hydrogen) atoms. The molecular weight excluding hydrogens is 326 g/mol. The molecule has 0 saturated heterocycles. The Hall–Kier alpha value is -1.37. The van der Waals surface area contributed by atoms with Crippen molar-refractivity contribution in [2.24, 2.45) is 0 Å². The highest BCUT2D eigenvalue weighted by atomic mass is 32.2. The van der Waals surface area contributed by atoms with Gasteiger partial charge in [-0.3, -0.25) is 15.0 Å². The van der Waals surface area contributed by atoms with Gasteiger partial charge >= 0.3 is 0 Å². The number of nitrogens with zero attached hydrogens (tertiary/aromatic N) is 2. The lowest BCUT2D eigenvalue weighted by Crippen LogP contribution is -2.29. The summed E-state index contributed by atoms with van der Waals surface area (Å²) < 4.78 is 0. The zero-order valence-electron chi connectivity index (χ0n) is 13.5. The zero-order valence-corrected chi connectivity index (χ0v) is 15.1. The Bertz CT molecular complexity index is 682. The second-order valence-corrected chi connectivity index (χ2v) is 7.84. The molecule has 1 aromatic heterocycles. The van der Waals surface area contributed by atoms with Gasteiger partial charge in [0.1, 0.15) is 0 Å². The summed E-state index contributed by atoms with van der Waals surface area (Å²) in [5.74, 6) is 0.946. The molecule has 0 radical (unpaired) electrons. The maximum atomic E-state index is 12.4. The minimum absolute atomic E-state index is 0.0866. The van der Waals surface area contributed by atoms with Gasteiger partial charge < -0.3 is 0 Å². The van der Waals surface area contributed by atoms with Crippen molar-refractivity contribution in [3.8, 4) is 0 Å². The molecular formula is C17H21N3OS2. The summed E-state index contributed by atoms with van der Waals surface area (Å²) in [6, 6.07) is 7.74. The first-order valence-electron chi connectivity index (χ1n) is 7.94. The van der Waals surface area contributed by atoms with Gasteiger partial charge in [0.25, 0.3) is 5.91 Å².